The predicted octanol–water partition coefficient (Wildman–Crippen LogP) is 14.3. The summed E-state index contributed by atoms with van der Waals surface area (Å²) >= 11 is 0. The van der Waals surface area contributed by atoms with Crippen molar-refractivity contribution in [3.8, 4) is 33.4 Å². The Morgan fingerprint density at radius 2 is 1.06 bits per heavy atom. The summed E-state index contributed by atoms with van der Waals surface area (Å²) < 4.78 is 0. The molecule has 1 heteroatoms. The fourth-order valence-corrected chi connectivity index (χ4v) is 10.6. The molecule has 254 valence electrons. The van der Waals surface area contributed by atoms with Crippen molar-refractivity contribution < 1.29 is 0 Å². The summed E-state index contributed by atoms with van der Waals surface area (Å²) in [5, 5.41) is 5.10. The topological polar surface area (TPSA) is 3.24 Å². The van der Waals surface area contributed by atoms with Gasteiger partial charge in [0.1, 0.15) is 0 Å². The molecule has 0 aromatic heterocycles. The molecule has 1 saturated carbocycles. The average Bonchev–Trinajstić information content (AvgIpc) is 3.88. The van der Waals surface area contributed by atoms with Crippen molar-refractivity contribution >= 4 is 38.6 Å². The second-order valence-electron chi connectivity index (χ2n) is 16.0. The van der Waals surface area contributed by atoms with Crippen LogP contribution in [0.4, 0.5) is 17.1 Å². The Morgan fingerprint density at radius 3 is 1.89 bits per heavy atom. The zero-order valence-electron chi connectivity index (χ0n) is 30.4. The molecule has 0 radical (unpaired) electrons. The molecule has 0 saturated heterocycles. The number of nitrogens with zero attached hydrogens (tertiary/aromatic N) is 1. The Kier molecular flexibility index (Phi) is 6.54. The fraction of sp³-hybridized carbons (Fsp3) is 0.154. The first-order valence-electron chi connectivity index (χ1n) is 19.3. The highest BCUT2D eigenvalue weighted by atomic mass is 15.1. The molecule has 8 aromatic rings. The molecule has 8 aromatic carbocycles. The van der Waals surface area contributed by atoms with Crippen LogP contribution in [0.15, 0.2) is 164 Å². The van der Waals surface area contributed by atoms with Crippen LogP contribution in [0.2, 0.25) is 0 Å². The second kappa shape index (κ2) is 11.3. The highest BCUT2D eigenvalue weighted by Gasteiger charge is 2.45. The van der Waals surface area contributed by atoms with Crippen LogP contribution in [-0.2, 0) is 10.8 Å². The molecule has 11 rings (SSSR count). The van der Waals surface area contributed by atoms with Crippen LogP contribution in [0.25, 0.3) is 54.9 Å². The first-order valence-corrected chi connectivity index (χ1v) is 19.3. The van der Waals surface area contributed by atoms with Gasteiger partial charge in [0.25, 0.3) is 0 Å². The average molecular weight is 680 g/mol. The smallest absolute Gasteiger partial charge is 0.0540 e. The minimum atomic E-state index is -0.0723. The van der Waals surface area contributed by atoms with Crippen molar-refractivity contribution in [2.45, 2.75) is 50.4 Å². The van der Waals surface area contributed by atoms with Gasteiger partial charge in [0.2, 0.25) is 0 Å². The van der Waals surface area contributed by atoms with Crippen LogP contribution in [0.1, 0.15) is 61.8 Å². The molecule has 53 heavy (non-hydrogen) atoms. The van der Waals surface area contributed by atoms with Gasteiger partial charge in [-0.25, -0.2) is 0 Å². The SMILES string of the molecule is CC1(C)c2ccccc2-c2cccc(-c3ccc(N(c4ccc5c(c4)C4(CCCC4)c4ccccc4-5)c4cccc5c4ccc4ccccc45)cc3)c21. The van der Waals surface area contributed by atoms with Gasteiger partial charge < -0.3 is 4.90 Å². The normalized spacial score (nSPS) is 15.7. The van der Waals surface area contributed by atoms with Gasteiger partial charge in [-0.15, -0.1) is 0 Å². The van der Waals surface area contributed by atoms with Crippen LogP contribution in [0, 0.1) is 0 Å². The molecular formula is C52H41N. The van der Waals surface area contributed by atoms with E-state index in [1.54, 1.807) is 0 Å². The zero-order valence-corrected chi connectivity index (χ0v) is 30.4. The number of hydrogen-bond donors (Lipinski definition) is 0. The molecule has 1 spiro atoms. The van der Waals surface area contributed by atoms with Gasteiger partial charge in [0.15, 0.2) is 0 Å². The summed E-state index contributed by atoms with van der Waals surface area (Å²) in [5.41, 5.74) is 17.6. The highest BCUT2D eigenvalue weighted by Crippen LogP contribution is 2.58. The van der Waals surface area contributed by atoms with Gasteiger partial charge in [-0.1, -0.05) is 160 Å². The Morgan fingerprint density at radius 1 is 0.434 bits per heavy atom. The van der Waals surface area contributed by atoms with Crippen molar-refractivity contribution in [1.82, 2.24) is 0 Å². The standard InChI is InChI=1S/C52H41N/c1-51(2)46-20-7-5-16-42(46)45-19-11-17-39(50(45)51)35-23-26-36(27-24-35)53(49-22-12-18-40-38-14-4-3-13-34(38)25-29-44(40)49)37-28-30-43-41-15-6-8-21-47(41)52(48(43)33-37)31-9-10-32-52/h3-8,11-30,33H,9-10,31-32H2,1-2H3. The minimum absolute atomic E-state index is 0.0723. The van der Waals surface area contributed by atoms with E-state index in [0.29, 0.717) is 0 Å². The van der Waals surface area contributed by atoms with Gasteiger partial charge in [0, 0.05) is 27.6 Å². The lowest BCUT2D eigenvalue weighted by atomic mass is 9.76. The van der Waals surface area contributed by atoms with E-state index >= 15 is 0 Å². The summed E-state index contributed by atoms with van der Waals surface area (Å²) in [6.45, 7) is 4.76. The Hall–Kier alpha value is -5.92. The van der Waals surface area contributed by atoms with Gasteiger partial charge in [-0.2, -0.15) is 0 Å². The molecule has 1 nitrogen and oxygen atoms in total. The van der Waals surface area contributed by atoms with E-state index in [-0.39, 0.29) is 10.8 Å². The molecule has 0 bridgehead atoms. The number of hydrogen-bond acceptors (Lipinski definition) is 1. The molecule has 0 unspecified atom stereocenters. The number of fused-ring (bicyclic) bond motifs is 11. The molecule has 3 aliphatic carbocycles. The molecule has 0 N–H and O–H groups in total. The van der Waals surface area contributed by atoms with E-state index in [4.69, 9.17) is 0 Å². The van der Waals surface area contributed by atoms with Crippen LogP contribution in [-0.4, -0.2) is 0 Å². The monoisotopic (exact) mass is 679 g/mol. The molecule has 3 aliphatic rings. The first kappa shape index (κ1) is 30.7. The van der Waals surface area contributed by atoms with Crippen molar-refractivity contribution in [3.05, 3.63) is 186 Å². The second-order valence-corrected chi connectivity index (χ2v) is 16.0. The van der Waals surface area contributed by atoms with E-state index in [1.165, 1.54) is 120 Å². The van der Waals surface area contributed by atoms with E-state index in [1.807, 2.05) is 0 Å². The molecular weight excluding hydrogens is 639 g/mol. The molecule has 0 atom stereocenters. The lowest BCUT2D eigenvalue weighted by molar-refractivity contribution is 0.550. The van der Waals surface area contributed by atoms with Crippen LogP contribution >= 0.6 is 0 Å². The van der Waals surface area contributed by atoms with Gasteiger partial charge in [-0.05, 0) is 115 Å². The van der Waals surface area contributed by atoms with E-state index in [2.05, 4.69) is 183 Å². The molecule has 0 heterocycles. The van der Waals surface area contributed by atoms with Crippen molar-refractivity contribution in [2.75, 3.05) is 4.90 Å². The van der Waals surface area contributed by atoms with Crippen LogP contribution < -0.4 is 4.90 Å². The van der Waals surface area contributed by atoms with Crippen LogP contribution in [0.5, 0.6) is 0 Å². The van der Waals surface area contributed by atoms with E-state index < -0.39 is 0 Å². The lowest BCUT2D eigenvalue weighted by Crippen LogP contribution is -2.21. The van der Waals surface area contributed by atoms with Crippen molar-refractivity contribution in [1.29, 1.82) is 0 Å². The largest absolute Gasteiger partial charge is 0.310 e. The van der Waals surface area contributed by atoms with Crippen molar-refractivity contribution in [3.63, 3.8) is 0 Å². The lowest BCUT2D eigenvalue weighted by Gasteiger charge is -2.31. The van der Waals surface area contributed by atoms with Crippen molar-refractivity contribution in [2.24, 2.45) is 0 Å². The summed E-state index contributed by atoms with van der Waals surface area (Å²) in [5.74, 6) is 0. The molecule has 0 amide bonds. The third-order valence-corrected chi connectivity index (χ3v) is 13.0. The number of rotatable bonds is 4. The van der Waals surface area contributed by atoms with Gasteiger partial charge >= 0.3 is 0 Å². The predicted molar refractivity (Wildman–Crippen MR) is 224 cm³/mol. The maximum atomic E-state index is 2.54. The molecule has 1 fully saturated rings. The first-order chi connectivity index (χ1) is 26.0. The third-order valence-electron chi connectivity index (χ3n) is 13.0. The number of anilines is 3. The maximum Gasteiger partial charge on any atom is 0.0540 e. The Bertz CT molecular complexity index is 2760. The van der Waals surface area contributed by atoms with E-state index in [0.717, 1.165) is 0 Å². The fourth-order valence-electron chi connectivity index (χ4n) is 10.6. The maximum absolute atomic E-state index is 2.54. The third kappa shape index (κ3) is 4.31. The quantitative estimate of drug-likeness (QED) is 0.167. The summed E-state index contributed by atoms with van der Waals surface area (Å²) in [6, 6.07) is 61.9. The number of benzene rings is 8. The summed E-state index contributed by atoms with van der Waals surface area (Å²) in [7, 11) is 0. The zero-order chi connectivity index (χ0) is 35.3. The Labute approximate surface area is 312 Å². The highest BCUT2D eigenvalue weighted by molar-refractivity contribution is 6.12. The molecule has 0 aliphatic heterocycles. The van der Waals surface area contributed by atoms with Crippen LogP contribution in [0.3, 0.4) is 0 Å². The summed E-state index contributed by atoms with van der Waals surface area (Å²) in [6.07, 6.45) is 5.00. The van der Waals surface area contributed by atoms with Gasteiger partial charge in [0.05, 0.1) is 5.69 Å². The summed E-state index contributed by atoms with van der Waals surface area (Å²) in [4.78, 5) is 2.52. The van der Waals surface area contributed by atoms with E-state index in [9.17, 15) is 0 Å². The van der Waals surface area contributed by atoms with Gasteiger partial charge in [-0.3, -0.25) is 0 Å². The Balaban J connectivity index is 1.10. The minimum Gasteiger partial charge on any atom is -0.310 e.